The second kappa shape index (κ2) is 12.5. The number of pyridine rings is 1. The van der Waals surface area contributed by atoms with Gasteiger partial charge in [0.15, 0.2) is 5.82 Å². The Bertz CT molecular complexity index is 1520. The molecule has 0 saturated carbocycles. The van der Waals surface area contributed by atoms with Crippen molar-refractivity contribution < 1.29 is 44.7 Å². The summed E-state index contributed by atoms with van der Waals surface area (Å²) >= 11 is 11.2. The van der Waals surface area contributed by atoms with Gasteiger partial charge in [-0.05, 0) is 68.3 Å². The van der Waals surface area contributed by atoms with Crippen molar-refractivity contribution in [2.75, 3.05) is 16.8 Å². The number of anilines is 2. The van der Waals surface area contributed by atoms with Crippen LogP contribution in [0.4, 0.5) is 46.5 Å². The number of rotatable bonds is 7. The standard InChI is InChI=1S/C25H13Br2ClF8N4O2/c26-15-9-13(23(30,24(31,32)33)25(34,35)36)10-16(27)20(15)39-21(41)14-3-1-4-17(19(14)29)40(8-2-7-37)22(42)12-5-6-18(28)38-11-12/h1,3-6,9-11H,2,8H2,(H,39,41). The Labute approximate surface area is 253 Å². The van der Waals surface area contributed by atoms with Crippen LogP contribution in [0.2, 0.25) is 5.15 Å². The Balaban J connectivity index is 2.01. The number of hydrogen-bond acceptors (Lipinski definition) is 4. The quantitative estimate of drug-likeness (QED) is 0.194. The van der Waals surface area contributed by atoms with E-state index in [2.05, 4.69) is 42.2 Å². The highest BCUT2D eigenvalue weighted by Crippen LogP contribution is 2.54. The molecule has 2 amide bonds. The summed E-state index contributed by atoms with van der Waals surface area (Å²) in [6.07, 6.45) is -11.9. The summed E-state index contributed by atoms with van der Waals surface area (Å²) in [5.74, 6) is -3.28. The molecule has 6 nitrogen and oxygen atoms in total. The summed E-state index contributed by atoms with van der Waals surface area (Å²) in [4.78, 5) is 30.7. The highest BCUT2D eigenvalue weighted by atomic mass is 79.9. The maximum atomic E-state index is 15.6. The summed E-state index contributed by atoms with van der Waals surface area (Å²) in [6.45, 7) is -0.304. The zero-order chi connectivity index (χ0) is 31.6. The summed E-state index contributed by atoms with van der Waals surface area (Å²) in [5, 5.41) is 11.2. The fourth-order valence-corrected chi connectivity index (χ4v) is 5.11. The van der Waals surface area contributed by atoms with Gasteiger partial charge in [0.25, 0.3) is 11.8 Å². The molecule has 0 aliphatic rings. The lowest BCUT2D eigenvalue weighted by atomic mass is 9.94. The molecule has 0 fully saturated rings. The van der Waals surface area contributed by atoms with E-state index in [1.54, 1.807) is 0 Å². The summed E-state index contributed by atoms with van der Waals surface area (Å²) in [5.41, 5.74) is -9.18. The first-order valence-corrected chi connectivity index (χ1v) is 13.1. The SMILES string of the molecule is N#CCCN(C(=O)c1ccc(Cl)nc1)c1cccc(C(=O)Nc2c(Br)cc(C(F)(C(F)(F)F)C(F)(F)F)cc2Br)c1F. The van der Waals surface area contributed by atoms with Crippen LogP contribution >= 0.6 is 43.5 Å². The smallest absolute Gasteiger partial charge is 0.320 e. The first kappa shape index (κ1) is 33.2. The lowest BCUT2D eigenvalue weighted by Gasteiger charge is -2.31. The van der Waals surface area contributed by atoms with Crippen LogP contribution in [0.25, 0.3) is 0 Å². The van der Waals surface area contributed by atoms with E-state index < -0.39 is 67.1 Å². The van der Waals surface area contributed by atoms with Gasteiger partial charge in [0.2, 0.25) is 0 Å². The molecule has 17 heteroatoms. The van der Waals surface area contributed by atoms with Crippen LogP contribution in [-0.2, 0) is 5.67 Å². The zero-order valence-electron chi connectivity index (χ0n) is 20.3. The highest BCUT2D eigenvalue weighted by molar-refractivity contribution is 9.11. The van der Waals surface area contributed by atoms with Gasteiger partial charge in [0.1, 0.15) is 5.15 Å². The summed E-state index contributed by atoms with van der Waals surface area (Å²) < 4.78 is 108. The minimum atomic E-state index is -6.38. The molecular formula is C25H13Br2ClF8N4O2. The highest BCUT2D eigenvalue weighted by Gasteiger charge is 2.73. The van der Waals surface area contributed by atoms with Crippen molar-refractivity contribution in [3.63, 3.8) is 0 Å². The molecule has 2 aromatic carbocycles. The van der Waals surface area contributed by atoms with Crippen LogP contribution in [0.3, 0.4) is 0 Å². The van der Waals surface area contributed by atoms with Gasteiger partial charge in [-0.25, -0.2) is 13.8 Å². The molecule has 0 atom stereocenters. The molecule has 0 aliphatic heterocycles. The minimum Gasteiger partial charge on any atom is -0.320 e. The molecule has 1 aromatic heterocycles. The van der Waals surface area contributed by atoms with Gasteiger partial charge in [-0.15, -0.1) is 0 Å². The van der Waals surface area contributed by atoms with Crippen LogP contribution in [0.5, 0.6) is 0 Å². The molecule has 222 valence electrons. The van der Waals surface area contributed by atoms with Crippen molar-refractivity contribution >= 4 is 66.6 Å². The van der Waals surface area contributed by atoms with Crippen LogP contribution in [0.15, 0.2) is 57.6 Å². The molecule has 1 heterocycles. The number of amides is 2. The lowest BCUT2D eigenvalue weighted by Crippen LogP contribution is -2.50. The summed E-state index contributed by atoms with van der Waals surface area (Å²) in [6, 6.07) is 8.08. The van der Waals surface area contributed by atoms with Crippen LogP contribution < -0.4 is 10.2 Å². The van der Waals surface area contributed by atoms with E-state index >= 15 is 4.39 Å². The average Bonchev–Trinajstić information content (AvgIpc) is 2.90. The van der Waals surface area contributed by atoms with E-state index in [1.807, 2.05) is 6.07 Å². The van der Waals surface area contributed by atoms with E-state index in [9.17, 15) is 40.3 Å². The van der Waals surface area contributed by atoms with Gasteiger partial charge >= 0.3 is 18.0 Å². The van der Waals surface area contributed by atoms with Crippen molar-refractivity contribution in [1.82, 2.24) is 4.98 Å². The second-order valence-corrected chi connectivity index (χ2v) is 10.4. The molecule has 0 radical (unpaired) electrons. The number of halogens is 11. The third kappa shape index (κ3) is 6.52. The van der Waals surface area contributed by atoms with Gasteiger partial charge in [0.05, 0.1) is 35.0 Å². The van der Waals surface area contributed by atoms with Crippen molar-refractivity contribution in [3.8, 4) is 6.07 Å². The molecule has 0 spiro atoms. The number of aromatic nitrogens is 1. The maximum Gasteiger partial charge on any atom is 0.435 e. The normalized spacial score (nSPS) is 12.0. The third-order valence-corrected chi connectivity index (χ3v) is 7.11. The molecule has 0 saturated heterocycles. The lowest BCUT2D eigenvalue weighted by molar-refractivity contribution is -0.348. The van der Waals surface area contributed by atoms with E-state index in [0.29, 0.717) is 0 Å². The Morgan fingerprint density at radius 3 is 2.10 bits per heavy atom. The molecule has 0 unspecified atom stereocenters. The van der Waals surface area contributed by atoms with E-state index in [-0.39, 0.29) is 35.8 Å². The molecule has 0 bridgehead atoms. The first-order valence-electron chi connectivity index (χ1n) is 11.2. The largest absolute Gasteiger partial charge is 0.435 e. The Kier molecular flexibility index (Phi) is 9.90. The number of alkyl halides is 7. The molecular weight excluding hydrogens is 736 g/mol. The van der Waals surface area contributed by atoms with Crippen molar-refractivity contribution in [2.45, 2.75) is 24.4 Å². The number of carbonyl (C=O) groups is 2. The van der Waals surface area contributed by atoms with Gasteiger partial charge in [-0.2, -0.15) is 31.6 Å². The third-order valence-electron chi connectivity index (χ3n) is 5.64. The Hall–Kier alpha value is -3.29. The predicted octanol–water partition coefficient (Wildman–Crippen LogP) is 8.50. The minimum absolute atomic E-state index is 0.0267. The van der Waals surface area contributed by atoms with Crippen molar-refractivity contribution in [1.29, 1.82) is 5.26 Å². The fraction of sp³-hybridized carbons (Fsp3) is 0.200. The van der Waals surface area contributed by atoms with Crippen molar-refractivity contribution in [2.24, 2.45) is 0 Å². The van der Waals surface area contributed by atoms with Crippen LogP contribution in [0, 0.1) is 17.1 Å². The van der Waals surface area contributed by atoms with Gasteiger partial charge in [-0.3, -0.25) is 9.59 Å². The maximum absolute atomic E-state index is 15.6. The van der Waals surface area contributed by atoms with E-state index in [4.69, 9.17) is 16.9 Å². The number of nitrogens with zero attached hydrogens (tertiary/aromatic N) is 3. The number of hydrogen-bond donors (Lipinski definition) is 1. The molecule has 3 aromatic rings. The van der Waals surface area contributed by atoms with Crippen LogP contribution in [0.1, 0.15) is 32.7 Å². The number of nitrogens with one attached hydrogen (secondary N) is 1. The molecule has 42 heavy (non-hydrogen) atoms. The zero-order valence-corrected chi connectivity index (χ0v) is 24.3. The second-order valence-electron chi connectivity index (χ2n) is 8.30. The molecule has 3 rings (SSSR count). The molecule has 1 N–H and O–H groups in total. The predicted molar refractivity (Wildman–Crippen MR) is 142 cm³/mol. The topological polar surface area (TPSA) is 86.1 Å². The first-order chi connectivity index (χ1) is 19.4. The molecule has 0 aliphatic carbocycles. The van der Waals surface area contributed by atoms with E-state index in [1.165, 1.54) is 18.2 Å². The van der Waals surface area contributed by atoms with Gasteiger partial charge in [0, 0.05) is 27.3 Å². The Morgan fingerprint density at radius 1 is 1.00 bits per heavy atom. The van der Waals surface area contributed by atoms with Gasteiger partial charge in [-0.1, -0.05) is 17.7 Å². The monoisotopic (exact) mass is 746 g/mol. The average molecular weight is 749 g/mol. The number of benzene rings is 2. The van der Waals surface area contributed by atoms with Crippen molar-refractivity contribution in [3.05, 3.63) is 85.3 Å². The number of nitriles is 1. The number of carbonyl (C=O) groups excluding carboxylic acids is 2. The fourth-order valence-electron chi connectivity index (χ4n) is 3.62. The van der Waals surface area contributed by atoms with E-state index in [0.717, 1.165) is 23.2 Å². The van der Waals surface area contributed by atoms with Crippen LogP contribution in [-0.4, -0.2) is 35.7 Å². The Morgan fingerprint density at radius 2 is 1.60 bits per heavy atom. The van der Waals surface area contributed by atoms with Gasteiger partial charge < -0.3 is 10.2 Å². The summed E-state index contributed by atoms with van der Waals surface area (Å²) in [7, 11) is 0.